The van der Waals surface area contributed by atoms with Gasteiger partial charge in [-0.1, -0.05) is 20.8 Å². The fourth-order valence-corrected chi connectivity index (χ4v) is 2.21. The largest absolute Gasteiger partial charge is 0.357 e. The lowest BCUT2D eigenvalue weighted by molar-refractivity contribution is 0.261. The third-order valence-electron chi connectivity index (χ3n) is 3.71. The lowest BCUT2D eigenvalue weighted by Gasteiger charge is -2.24. The molecule has 1 saturated carbocycles. The van der Waals surface area contributed by atoms with Gasteiger partial charge in [0.25, 0.3) is 0 Å². The van der Waals surface area contributed by atoms with E-state index < -0.39 is 0 Å². The van der Waals surface area contributed by atoms with Crippen molar-refractivity contribution < 1.29 is 0 Å². The van der Waals surface area contributed by atoms with Crippen LogP contribution >= 0.6 is 0 Å². The van der Waals surface area contributed by atoms with Gasteiger partial charge < -0.3 is 15.5 Å². The highest BCUT2D eigenvalue weighted by atomic mass is 15.2. The molecule has 0 radical (unpaired) electrons. The minimum absolute atomic E-state index is 0.520. The molecule has 0 heterocycles. The van der Waals surface area contributed by atoms with Crippen LogP contribution in [0.1, 0.15) is 40.5 Å². The molecule has 2 N–H and O–H groups in total. The van der Waals surface area contributed by atoms with Crippen LogP contribution in [0.2, 0.25) is 0 Å². The van der Waals surface area contributed by atoms with Crippen LogP contribution in [0.4, 0.5) is 0 Å². The quantitative estimate of drug-likeness (QED) is 0.547. The molecule has 0 aliphatic heterocycles. The third-order valence-corrected chi connectivity index (χ3v) is 3.71. The maximum absolute atomic E-state index is 4.76. The number of guanidine groups is 1. The van der Waals surface area contributed by atoms with Crippen LogP contribution in [-0.2, 0) is 0 Å². The minimum atomic E-state index is 0.520. The molecule has 4 nitrogen and oxygen atoms in total. The summed E-state index contributed by atoms with van der Waals surface area (Å²) >= 11 is 0. The van der Waals surface area contributed by atoms with Gasteiger partial charge in [0, 0.05) is 18.6 Å². The van der Waals surface area contributed by atoms with E-state index in [4.69, 9.17) is 4.99 Å². The highest BCUT2D eigenvalue weighted by molar-refractivity contribution is 5.80. The van der Waals surface area contributed by atoms with Crippen molar-refractivity contribution in [1.29, 1.82) is 0 Å². The van der Waals surface area contributed by atoms with Gasteiger partial charge in [0.1, 0.15) is 0 Å². The molecule has 19 heavy (non-hydrogen) atoms. The lowest BCUT2D eigenvalue weighted by Crippen LogP contribution is -2.40. The van der Waals surface area contributed by atoms with Crippen molar-refractivity contribution in [3.63, 3.8) is 0 Å². The van der Waals surface area contributed by atoms with Crippen molar-refractivity contribution in [2.75, 3.05) is 27.2 Å². The van der Waals surface area contributed by atoms with E-state index in [-0.39, 0.29) is 0 Å². The average Bonchev–Trinajstić information content (AvgIpc) is 2.99. The Morgan fingerprint density at radius 1 is 1.37 bits per heavy atom. The number of hydrogen-bond donors (Lipinski definition) is 2. The summed E-state index contributed by atoms with van der Waals surface area (Å²) in [7, 11) is 4.29. The van der Waals surface area contributed by atoms with Gasteiger partial charge in [0.05, 0.1) is 6.54 Å². The Morgan fingerprint density at radius 3 is 2.42 bits per heavy atom. The SMILES string of the molecule is CCNC(=NCC(CC(C)C)N(C)C)NC1CC1C. The molecule has 0 aromatic rings. The maximum atomic E-state index is 4.76. The molecule has 1 rings (SSSR count). The summed E-state index contributed by atoms with van der Waals surface area (Å²) in [5.41, 5.74) is 0. The minimum Gasteiger partial charge on any atom is -0.357 e. The summed E-state index contributed by atoms with van der Waals surface area (Å²) in [6.07, 6.45) is 2.46. The van der Waals surface area contributed by atoms with Crippen molar-refractivity contribution in [1.82, 2.24) is 15.5 Å². The van der Waals surface area contributed by atoms with E-state index in [1.807, 2.05) is 0 Å². The first-order valence-corrected chi connectivity index (χ1v) is 7.65. The summed E-state index contributed by atoms with van der Waals surface area (Å²) in [6, 6.07) is 1.15. The molecule has 0 spiro atoms. The van der Waals surface area contributed by atoms with Gasteiger partial charge >= 0.3 is 0 Å². The Morgan fingerprint density at radius 2 is 2.00 bits per heavy atom. The molecule has 3 atom stereocenters. The Labute approximate surface area is 119 Å². The predicted octanol–water partition coefficient (Wildman–Crippen LogP) is 1.93. The Balaban J connectivity index is 2.50. The van der Waals surface area contributed by atoms with E-state index in [0.717, 1.165) is 25.0 Å². The molecule has 0 amide bonds. The zero-order valence-electron chi connectivity index (χ0n) is 13.5. The van der Waals surface area contributed by atoms with Crippen LogP contribution in [0.15, 0.2) is 4.99 Å². The van der Waals surface area contributed by atoms with Gasteiger partial charge in [-0.3, -0.25) is 4.99 Å². The van der Waals surface area contributed by atoms with E-state index in [1.54, 1.807) is 0 Å². The highest BCUT2D eigenvalue weighted by Gasteiger charge is 2.33. The Hall–Kier alpha value is -0.770. The van der Waals surface area contributed by atoms with Crippen LogP contribution in [0.25, 0.3) is 0 Å². The van der Waals surface area contributed by atoms with Gasteiger partial charge in [-0.2, -0.15) is 0 Å². The molecule has 0 aromatic heterocycles. The van der Waals surface area contributed by atoms with Crippen molar-refractivity contribution in [2.24, 2.45) is 16.8 Å². The van der Waals surface area contributed by atoms with Gasteiger partial charge in [0.15, 0.2) is 5.96 Å². The van der Waals surface area contributed by atoms with E-state index in [9.17, 15) is 0 Å². The monoisotopic (exact) mass is 268 g/mol. The van der Waals surface area contributed by atoms with Crippen molar-refractivity contribution in [3.8, 4) is 0 Å². The Kier molecular flexibility index (Phi) is 6.63. The van der Waals surface area contributed by atoms with Crippen molar-refractivity contribution in [2.45, 2.75) is 52.6 Å². The molecule has 112 valence electrons. The standard InChI is InChI=1S/C15H32N4/c1-7-16-15(18-14-9-12(14)4)17-10-13(19(5)6)8-11(2)3/h11-14H,7-10H2,1-6H3,(H2,16,17,18). The van der Waals surface area contributed by atoms with Gasteiger partial charge in [-0.25, -0.2) is 0 Å². The zero-order chi connectivity index (χ0) is 14.4. The second kappa shape index (κ2) is 7.73. The molecule has 0 saturated heterocycles. The summed E-state index contributed by atoms with van der Waals surface area (Å²) in [5.74, 6) is 2.48. The van der Waals surface area contributed by atoms with E-state index >= 15 is 0 Å². The predicted molar refractivity (Wildman–Crippen MR) is 83.6 cm³/mol. The third kappa shape index (κ3) is 6.28. The highest BCUT2D eigenvalue weighted by Crippen LogP contribution is 2.28. The van der Waals surface area contributed by atoms with Gasteiger partial charge in [-0.05, 0) is 45.7 Å². The molecule has 0 bridgehead atoms. The van der Waals surface area contributed by atoms with E-state index in [0.29, 0.717) is 18.0 Å². The van der Waals surface area contributed by atoms with Crippen molar-refractivity contribution in [3.05, 3.63) is 0 Å². The maximum Gasteiger partial charge on any atom is 0.191 e. The fraction of sp³-hybridized carbons (Fsp3) is 0.933. The summed E-state index contributed by atoms with van der Waals surface area (Å²) in [5, 5.41) is 6.85. The first-order chi connectivity index (χ1) is 8.93. The van der Waals surface area contributed by atoms with Crippen LogP contribution in [0.5, 0.6) is 0 Å². The number of nitrogens with zero attached hydrogens (tertiary/aromatic N) is 2. The first kappa shape index (κ1) is 16.3. The number of rotatable bonds is 7. The lowest BCUT2D eigenvalue weighted by atomic mass is 10.0. The molecule has 0 aromatic carbocycles. The number of aliphatic imine (C=N–C) groups is 1. The van der Waals surface area contributed by atoms with Crippen LogP contribution in [0.3, 0.4) is 0 Å². The molecule has 1 aliphatic carbocycles. The fourth-order valence-electron chi connectivity index (χ4n) is 2.21. The summed E-state index contributed by atoms with van der Waals surface area (Å²) < 4.78 is 0. The Bertz CT molecular complexity index is 286. The van der Waals surface area contributed by atoms with Gasteiger partial charge in [-0.15, -0.1) is 0 Å². The molecule has 1 aliphatic rings. The van der Waals surface area contributed by atoms with E-state index in [2.05, 4.69) is 57.3 Å². The number of hydrogen-bond acceptors (Lipinski definition) is 2. The summed E-state index contributed by atoms with van der Waals surface area (Å²) in [6.45, 7) is 10.7. The molecular weight excluding hydrogens is 236 g/mol. The second-order valence-corrected chi connectivity index (χ2v) is 6.43. The van der Waals surface area contributed by atoms with E-state index in [1.165, 1.54) is 12.8 Å². The smallest absolute Gasteiger partial charge is 0.191 e. The summed E-state index contributed by atoms with van der Waals surface area (Å²) in [4.78, 5) is 7.04. The van der Waals surface area contributed by atoms with Crippen LogP contribution in [0, 0.1) is 11.8 Å². The first-order valence-electron chi connectivity index (χ1n) is 7.65. The number of nitrogens with one attached hydrogen (secondary N) is 2. The average molecular weight is 268 g/mol. The van der Waals surface area contributed by atoms with Gasteiger partial charge in [0.2, 0.25) is 0 Å². The topological polar surface area (TPSA) is 39.7 Å². The zero-order valence-corrected chi connectivity index (χ0v) is 13.5. The normalized spacial score (nSPS) is 24.7. The number of likely N-dealkylation sites (N-methyl/N-ethyl adjacent to an activating group) is 1. The van der Waals surface area contributed by atoms with Crippen molar-refractivity contribution >= 4 is 5.96 Å². The second-order valence-electron chi connectivity index (χ2n) is 6.43. The molecular formula is C15H32N4. The molecule has 3 unspecified atom stereocenters. The van der Waals surface area contributed by atoms with Crippen LogP contribution in [-0.4, -0.2) is 50.1 Å². The molecule has 1 fully saturated rings. The molecule has 4 heteroatoms. The van der Waals surface area contributed by atoms with Crippen LogP contribution < -0.4 is 10.6 Å².